The Balaban J connectivity index is 1.25. The van der Waals surface area contributed by atoms with Crippen LogP contribution in [0.5, 0.6) is 0 Å². The van der Waals surface area contributed by atoms with E-state index in [1.807, 2.05) is 97.1 Å². The molecule has 0 radical (unpaired) electrons. The predicted octanol–water partition coefficient (Wildman–Crippen LogP) is 10.6. The Hall–Kier alpha value is -9.06. The van der Waals surface area contributed by atoms with Crippen molar-refractivity contribution in [1.29, 1.82) is 0 Å². The summed E-state index contributed by atoms with van der Waals surface area (Å²) in [6.45, 7) is 0. The molecule has 292 valence electrons. The summed E-state index contributed by atoms with van der Waals surface area (Å²) in [6, 6.07) is 63.9. The molecule has 0 aliphatic rings. The fraction of sp³-hybridized carbons (Fsp3) is 0. The normalized spacial score (nSPS) is 10.0. The van der Waals surface area contributed by atoms with Crippen molar-refractivity contribution in [2.45, 2.75) is 0 Å². The molecule has 0 spiro atoms. The molecule has 0 bridgehead atoms. The molecule has 4 heteroatoms. The number of hydrogen-bond donors (Lipinski definition) is 4. The highest BCUT2D eigenvalue weighted by Crippen LogP contribution is 2.37. The fourth-order valence-electron chi connectivity index (χ4n) is 6.63. The molecule has 0 unspecified atom stereocenters. The average molecular weight is 793 g/mol. The maximum absolute atomic E-state index is 5.90. The molecule has 0 aliphatic carbocycles. The van der Waals surface area contributed by atoms with E-state index in [0.717, 1.165) is 77.9 Å². The number of nitrogens with two attached hydrogens (primary N) is 4. The van der Waals surface area contributed by atoms with Crippen LogP contribution in [0, 0.1) is 47.4 Å². The van der Waals surface area contributed by atoms with Crippen LogP contribution in [-0.4, -0.2) is 0 Å². The van der Waals surface area contributed by atoms with E-state index in [1.165, 1.54) is 0 Å². The highest BCUT2D eigenvalue weighted by molar-refractivity contribution is 6.04. The smallest absolute Gasteiger partial charge is 0.0314 e. The molecule has 4 nitrogen and oxygen atoms in total. The van der Waals surface area contributed by atoms with Crippen molar-refractivity contribution in [2.75, 3.05) is 22.9 Å². The Kier molecular flexibility index (Phi) is 12.0. The molecule has 8 aromatic carbocycles. The van der Waals surface area contributed by atoms with E-state index in [9.17, 15) is 0 Å². The molecule has 8 rings (SSSR count). The number of nitrogen functional groups attached to an aromatic ring is 4. The van der Waals surface area contributed by atoms with E-state index >= 15 is 0 Å². The Bertz CT molecular complexity index is 2690. The highest BCUT2D eigenvalue weighted by atomic mass is 14.5. The first-order valence-corrected chi connectivity index (χ1v) is 20.0. The lowest BCUT2D eigenvalue weighted by atomic mass is 9.85. The van der Waals surface area contributed by atoms with Crippen molar-refractivity contribution in [1.82, 2.24) is 0 Å². The van der Waals surface area contributed by atoms with Crippen LogP contribution in [0.2, 0.25) is 0 Å². The minimum absolute atomic E-state index is 0.707. The molecule has 0 aliphatic heterocycles. The third-order valence-electron chi connectivity index (χ3n) is 9.99. The first-order chi connectivity index (χ1) is 30.3. The number of hydrogen-bond acceptors (Lipinski definition) is 4. The van der Waals surface area contributed by atoms with Crippen molar-refractivity contribution in [3.63, 3.8) is 0 Å². The summed E-state index contributed by atoms with van der Waals surface area (Å²) in [7, 11) is 0. The SMILES string of the molecule is Nc1ccc(C#Cc2ccc(C(=C(c3ccc(C#Cc4ccc(N)cc4)cc3)c3ccc(C#Cc4ccc(N)cc4)cc3)c3ccc(C#Cc4ccc(N)cc4)cc3)cc2)cc1. The minimum atomic E-state index is 0.707. The molecule has 0 fully saturated rings. The second-order valence-electron chi connectivity index (χ2n) is 14.5. The zero-order valence-electron chi connectivity index (χ0n) is 33.8. The number of benzene rings is 8. The fourth-order valence-corrected chi connectivity index (χ4v) is 6.63. The molecular weight excluding hydrogens is 753 g/mol. The van der Waals surface area contributed by atoms with Gasteiger partial charge in [0.1, 0.15) is 0 Å². The molecular formula is C58H40N4. The van der Waals surface area contributed by atoms with Gasteiger partial charge in [0.25, 0.3) is 0 Å². The lowest BCUT2D eigenvalue weighted by Crippen LogP contribution is -1.98. The third kappa shape index (κ3) is 10.3. The van der Waals surface area contributed by atoms with Gasteiger partial charge in [0.05, 0.1) is 0 Å². The van der Waals surface area contributed by atoms with Gasteiger partial charge in [-0.05, 0) is 179 Å². The minimum Gasteiger partial charge on any atom is -0.399 e. The van der Waals surface area contributed by atoms with Gasteiger partial charge in [-0.3, -0.25) is 0 Å². The lowest BCUT2D eigenvalue weighted by Gasteiger charge is -2.18. The molecule has 8 aromatic rings. The van der Waals surface area contributed by atoms with Crippen molar-refractivity contribution >= 4 is 33.9 Å². The van der Waals surface area contributed by atoms with Crippen LogP contribution in [-0.2, 0) is 0 Å². The maximum atomic E-state index is 5.90. The van der Waals surface area contributed by atoms with E-state index in [0.29, 0.717) is 22.7 Å². The molecule has 0 aromatic heterocycles. The van der Waals surface area contributed by atoms with Crippen molar-refractivity contribution in [3.05, 3.63) is 261 Å². The third-order valence-corrected chi connectivity index (χ3v) is 9.99. The van der Waals surface area contributed by atoms with E-state index in [-0.39, 0.29) is 0 Å². The Labute approximate surface area is 363 Å². The first-order valence-electron chi connectivity index (χ1n) is 20.0. The second kappa shape index (κ2) is 18.7. The molecule has 0 saturated carbocycles. The Morgan fingerprint density at radius 1 is 0.194 bits per heavy atom. The van der Waals surface area contributed by atoms with Gasteiger partial charge in [-0.2, -0.15) is 0 Å². The van der Waals surface area contributed by atoms with Gasteiger partial charge in [0.2, 0.25) is 0 Å². The summed E-state index contributed by atoms with van der Waals surface area (Å²) in [5, 5.41) is 0. The number of rotatable bonds is 4. The van der Waals surface area contributed by atoms with Gasteiger partial charge in [0, 0.05) is 67.3 Å². The quantitative estimate of drug-likeness (QED) is 0.0809. The summed E-state index contributed by atoms with van der Waals surface area (Å²) in [5.74, 6) is 26.3. The average Bonchev–Trinajstić information content (AvgIpc) is 3.31. The van der Waals surface area contributed by atoms with E-state index < -0.39 is 0 Å². The monoisotopic (exact) mass is 792 g/mol. The maximum Gasteiger partial charge on any atom is 0.0314 e. The van der Waals surface area contributed by atoms with Crippen LogP contribution < -0.4 is 22.9 Å². The Morgan fingerprint density at radius 3 is 0.468 bits per heavy atom. The van der Waals surface area contributed by atoms with Gasteiger partial charge >= 0.3 is 0 Å². The van der Waals surface area contributed by atoms with Gasteiger partial charge in [0.15, 0.2) is 0 Å². The molecule has 0 amide bonds. The Morgan fingerprint density at radius 2 is 0.323 bits per heavy atom. The topological polar surface area (TPSA) is 104 Å². The van der Waals surface area contributed by atoms with E-state index in [4.69, 9.17) is 22.9 Å². The van der Waals surface area contributed by atoms with Gasteiger partial charge in [-0.15, -0.1) is 0 Å². The predicted molar refractivity (Wildman–Crippen MR) is 258 cm³/mol. The largest absolute Gasteiger partial charge is 0.399 e. The summed E-state index contributed by atoms with van der Waals surface area (Å²) < 4.78 is 0. The van der Waals surface area contributed by atoms with Gasteiger partial charge in [-0.25, -0.2) is 0 Å². The standard InChI is InChI=1S/C58H40N4/c59-53-33-17-45(18-34-53)5-1-41-9-25-49(26-10-41)57(50-27-11-42(12-28-50)2-6-46-19-35-54(60)36-20-46)58(51-29-13-43(14-30-51)3-7-47-21-37-55(61)38-22-47)52-31-15-44(16-32-52)4-8-48-23-39-56(62)40-24-48/h9-40H,59-62H2. The molecule has 0 saturated heterocycles. The van der Waals surface area contributed by atoms with Crippen LogP contribution in [0.15, 0.2) is 194 Å². The van der Waals surface area contributed by atoms with E-state index in [1.54, 1.807) is 0 Å². The van der Waals surface area contributed by atoms with Crippen molar-refractivity contribution in [2.24, 2.45) is 0 Å². The van der Waals surface area contributed by atoms with Crippen LogP contribution in [0.1, 0.15) is 66.8 Å². The van der Waals surface area contributed by atoms with Crippen molar-refractivity contribution in [3.8, 4) is 47.4 Å². The first kappa shape index (κ1) is 39.8. The van der Waals surface area contributed by atoms with Crippen LogP contribution in [0.4, 0.5) is 22.7 Å². The summed E-state index contributed by atoms with van der Waals surface area (Å²) in [6.07, 6.45) is 0. The van der Waals surface area contributed by atoms with Gasteiger partial charge < -0.3 is 22.9 Å². The van der Waals surface area contributed by atoms with Crippen LogP contribution in [0.25, 0.3) is 11.1 Å². The molecule has 8 N–H and O–H groups in total. The summed E-state index contributed by atoms with van der Waals surface area (Å²) in [4.78, 5) is 0. The zero-order chi connectivity index (χ0) is 42.7. The summed E-state index contributed by atoms with van der Waals surface area (Å²) in [5.41, 5.74) is 39.8. The van der Waals surface area contributed by atoms with Crippen LogP contribution >= 0.6 is 0 Å². The number of anilines is 4. The highest BCUT2D eigenvalue weighted by Gasteiger charge is 2.17. The van der Waals surface area contributed by atoms with E-state index in [2.05, 4.69) is 144 Å². The van der Waals surface area contributed by atoms with Gasteiger partial charge in [-0.1, -0.05) is 95.9 Å². The molecule has 0 atom stereocenters. The zero-order valence-corrected chi connectivity index (χ0v) is 33.8. The summed E-state index contributed by atoms with van der Waals surface area (Å²) >= 11 is 0. The van der Waals surface area contributed by atoms with Crippen molar-refractivity contribution < 1.29 is 0 Å². The molecule has 62 heavy (non-hydrogen) atoms. The lowest BCUT2D eigenvalue weighted by molar-refractivity contribution is 1.48. The second-order valence-corrected chi connectivity index (χ2v) is 14.5. The van der Waals surface area contributed by atoms with Crippen LogP contribution in [0.3, 0.4) is 0 Å². The molecule has 0 heterocycles.